The van der Waals surface area contributed by atoms with Gasteiger partial charge in [0.2, 0.25) is 11.9 Å². The molecular weight excluding hydrogens is 418 g/mol. The van der Waals surface area contributed by atoms with Crippen LogP contribution in [0.4, 0.5) is 11.9 Å². The standard InChI is InChI=1S/C20H16ClN9O/c21-13-7-11-28-16(13)18(31)29(12-4-2-1-3-5-12)17(26-28)14-8-10-27(14)20-25-19(22)24-15-6-9-23-30(15)20/h1-7,9,11,14H,8,10H2,(H2,22,24)/t14-/m0/s1. The SMILES string of the molecule is Nc1nc(N2CC[C@H]2c2nn3ccc(Cl)c3c(=O)n2-c2ccccc2)n2nccc2n1. The lowest BCUT2D eigenvalue weighted by Gasteiger charge is -2.41. The Balaban J connectivity index is 1.58. The highest BCUT2D eigenvalue weighted by molar-refractivity contribution is 6.33. The molecule has 31 heavy (non-hydrogen) atoms. The summed E-state index contributed by atoms with van der Waals surface area (Å²) >= 11 is 6.28. The Kier molecular flexibility index (Phi) is 3.78. The summed E-state index contributed by atoms with van der Waals surface area (Å²) < 4.78 is 4.79. The molecule has 11 heteroatoms. The Morgan fingerprint density at radius 2 is 1.94 bits per heavy atom. The van der Waals surface area contributed by atoms with Crippen molar-refractivity contribution in [3.63, 3.8) is 0 Å². The van der Waals surface area contributed by atoms with Gasteiger partial charge in [0.1, 0.15) is 5.52 Å². The fraction of sp³-hybridized carbons (Fsp3) is 0.150. The van der Waals surface area contributed by atoms with Gasteiger partial charge in [-0.3, -0.25) is 9.36 Å². The lowest BCUT2D eigenvalue weighted by molar-refractivity contribution is 0.415. The number of benzene rings is 1. The first-order valence-corrected chi connectivity index (χ1v) is 10.1. The van der Waals surface area contributed by atoms with Crippen LogP contribution < -0.4 is 16.2 Å². The van der Waals surface area contributed by atoms with Crippen LogP contribution in [0.3, 0.4) is 0 Å². The second-order valence-corrected chi connectivity index (χ2v) is 7.68. The van der Waals surface area contributed by atoms with Crippen LogP contribution in [0.15, 0.2) is 59.7 Å². The van der Waals surface area contributed by atoms with E-state index in [-0.39, 0.29) is 17.5 Å². The maximum absolute atomic E-state index is 13.5. The molecule has 0 amide bonds. The van der Waals surface area contributed by atoms with Crippen molar-refractivity contribution in [3.05, 3.63) is 76.1 Å². The maximum atomic E-state index is 13.5. The molecule has 2 N–H and O–H groups in total. The van der Waals surface area contributed by atoms with Crippen LogP contribution in [0, 0.1) is 0 Å². The summed E-state index contributed by atoms with van der Waals surface area (Å²) in [6, 6.07) is 12.6. The van der Waals surface area contributed by atoms with Gasteiger partial charge >= 0.3 is 0 Å². The van der Waals surface area contributed by atoms with E-state index in [1.165, 1.54) is 4.52 Å². The predicted molar refractivity (Wildman–Crippen MR) is 116 cm³/mol. The quantitative estimate of drug-likeness (QED) is 0.463. The van der Waals surface area contributed by atoms with E-state index in [0.717, 1.165) is 6.42 Å². The Hall–Kier alpha value is -3.92. The molecule has 0 unspecified atom stereocenters. The van der Waals surface area contributed by atoms with E-state index in [1.54, 1.807) is 33.6 Å². The molecule has 0 aliphatic carbocycles. The number of aromatic nitrogens is 7. The molecule has 0 radical (unpaired) electrons. The average molecular weight is 434 g/mol. The van der Waals surface area contributed by atoms with E-state index in [2.05, 4.69) is 15.1 Å². The molecule has 0 spiro atoms. The zero-order valence-corrected chi connectivity index (χ0v) is 16.9. The molecule has 1 atom stereocenters. The normalized spacial score (nSPS) is 16.2. The summed E-state index contributed by atoms with van der Waals surface area (Å²) in [6.45, 7) is 0.714. The Morgan fingerprint density at radius 1 is 1.10 bits per heavy atom. The third kappa shape index (κ3) is 2.61. The zero-order chi connectivity index (χ0) is 21.1. The van der Waals surface area contributed by atoms with Crippen molar-refractivity contribution in [1.29, 1.82) is 0 Å². The molecule has 5 aromatic rings. The molecule has 5 heterocycles. The molecule has 4 aromatic heterocycles. The van der Waals surface area contributed by atoms with Gasteiger partial charge in [-0.05, 0) is 24.6 Å². The highest BCUT2D eigenvalue weighted by Gasteiger charge is 2.37. The second-order valence-electron chi connectivity index (χ2n) is 7.27. The van der Waals surface area contributed by atoms with Crippen molar-refractivity contribution in [2.24, 2.45) is 0 Å². The molecular formula is C20H16ClN9O. The van der Waals surface area contributed by atoms with Gasteiger partial charge in [-0.1, -0.05) is 29.8 Å². The van der Waals surface area contributed by atoms with Crippen LogP contribution in [0.2, 0.25) is 5.02 Å². The summed E-state index contributed by atoms with van der Waals surface area (Å²) in [4.78, 5) is 24.1. The second kappa shape index (κ2) is 6.54. The average Bonchev–Trinajstić information content (AvgIpc) is 3.35. The van der Waals surface area contributed by atoms with E-state index in [9.17, 15) is 4.79 Å². The Morgan fingerprint density at radius 3 is 2.71 bits per heavy atom. The number of nitrogens with two attached hydrogens (primary N) is 1. The molecule has 154 valence electrons. The van der Waals surface area contributed by atoms with Crippen LogP contribution >= 0.6 is 11.6 Å². The molecule has 1 fully saturated rings. The van der Waals surface area contributed by atoms with Crippen LogP contribution in [-0.4, -0.2) is 40.3 Å². The number of rotatable bonds is 3. The molecule has 0 bridgehead atoms. The largest absolute Gasteiger partial charge is 0.368 e. The number of hydrogen-bond donors (Lipinski definition) is 1. The van der Waals surface area contributed by atoms with E-state index in [0.29, 0.717) is 40.2 Å². The third-order valence-corrected chi connectivity index (χ3v) is 5.81. The number of anilines is 2. The van der Waals surface area contributed by atoms with Gasteiger partial charge in [0.05, 0.1) is 22.9 Å². The van der Waals surface area contributed by atoms with E-state index in [1.807, 2.05) is 35.2 Å². The Bertz CT molecular complexity index is 1500. The van der Waals surface area contributed by atoms with Gasteiger partial charge in [0.25, 0.3) is 5.56 Å². The van der Waals surface area contributed by atoms with Crippen LogP contribution in [0.1, 0.15) is 18.3 Å². The molecule has 1 aromatic carbocycles. The number of nitrogens with zero attached hydrogens (tertiary/aromatic N) is 8. The van der Waals surface area contributed by atoms with Crippen LogP contribution in [0.5, 0.6) is 0 Å². The van der Waals surface area contributed by atoms with Gasteiger partial charge in [-0.15, -0.1) is 0 Å². The van der Waals surface area contributed by atoms with Crippen LogP contribution in [0.25, 0.3) is 16.9 Å². The van der Waals surface area contributed by atoms with Crippen molar-refractivity contribution < 1.29 is 0 Å². The zero-order valence-electron chi connectivity index (χ0n) is 16.1. The van der Waals surface area contributed by atoms with Gasteiger partial charge in [-0.25, -0.2) is 4.52 Å². The van der Waals surface area contributed by atoms with Crippen molar-refractivity contribution in [1.82, 2.24) is 33.8 Å². The lowest BCUT2D eigenvalue weighted by Crippen LogP contribution is -2.46. The lowest BCUT2D eigenvalue weighted by atomic mass is 10.0. The van der Waals surface area contributed by atoms with Crippen molar-refractivity contribution in [2.75, 3.05) is 17.2 Å². The molecule has 1 aliphatic heterocycles. The first-order chi connectivity index (χ1) is 15.1. The predicted octanol–water partition coefficient (Wildman–Crippen LogP) is 2.11. The fourth-order valence-corrected chi connectivity index (χ4v) is 4.22. The summed E-state index contributed by atoms with van der Waals surface area (Å²) in [5.74, 6) is 1.30. The summed E-state index contributed by atoms with van der Waals surface area (Å²) in [5.41, 5.74) is 7.35. The third-order valence-electron chi connectivity index (χ3n) is 5.51. The molecule has 1 saturated heterocycles. The van der Waals surface area contributed by atoms with E-state index in [4.69, 9.17) is 22.4 Å². The minimum atomic E-state index is -0.232. The van der Waals surface area contributed by atoms with Gasteiger partial charge < -0.3 is 10.6 Å². The fourth-order valence-electron chi connectivity index (χ4n) is 4.00. The van der Waals surface area contributed by atoms with Gasteiger partial charge in [-0.2, -0.15) is 24.7 Å². The minimum Gasteiger partial charge on any atom is -0.368 e. The molecule has 6 rings (SSSR count). The number of para-hydroxylation sites is 1. The smallest absolute Gasteiger partial charge is 0.284 e. The maximum Gasteiger partial charge on any atom is 0.284 e. The summed E-state index contributed by atoms with van der Waals surface area (Å²) in [7, 11) is 0. The summed E-state index contributed by atoms with van der Waals surface area (Å²) in [6.07, 6.45) is 4.12. The monoisotopic (exact) mass is 433 g/mol. The number of fused-ring (bicyclic) bond motifs is 2. The molecule has 10 nitrogen and oxygen atoms in total. The first-order valence-electron chi connectivity index (χ1n) is 9.71. The van der Waals surface area contributed by atoms with Crippen LogP contribution in [-0.2, 0) is 0 Å². The molecule has 1 aliphatic rings. The van der Waals surface area contributed by atoms with E-state index < -0.39 is 0 Å². The first kappa shape index (κ1) is 17.9. The summed E-state index contributed by atoms with van der Waals surface area (Å²) in [5, 5.41) is 9.46. The van der Waals surface area contributed by atoms with Gasteiger partial charge in [0, 0.05) is 18.8 Å². The van der Waals surface area contributed by atoms with Crippen molar-refractivity contribution in [2.45, 2.75) is 12.5 Å². The van der Waals surface area contributed by atoms with Gasteiger partial charge in [0.15, 0.2) is 11.5 Å². The minimum absolute atomic E-state index is 0.162. The number of hydrogen-bond acceptors (Lipinski definition) is 7. The topological polar surface area (TPSA) is 112 Å². The number of halogens is 1. The number of nitrogen functional groups attached to an aromatic ring is 1. The molecule has 0 saturated carbocycles. The highest BCUT2D eigenvalue weighted by Crippen LogP contribution is 2.36. The Labute approximate surface area is 180 Å². The van der Waals surface area contributed by atoms with Crippen molar-refractivity contribution in [3.8, 4) is 5.69 Å². The van der Waals surface area contributed by atoms with Crippen molar-refractivity contribution >= 4 is 34.7 Å². The highest BCUT2D eigenvalue weighted by atomic mass is 35.5. The van der Waals surface area contributed by atoms with E-state index >= 15 is 0 Å².